The first-order valence-corrected chi connectivity index (χ1v) is 7.05. The molecule has 100 valence electrons. The largest absolute Gasteiger partial charge is 0.384 e. The molecular formula is C16H25NO. The topological polar surface area (TPSA) is 35.2 Å². The van der Waals surface area contributed by atoms with Crippen LogP contribution in [0.3, 0.4) is 0 Å². The van der Waals surface area contributed by atoms with Crippen molar-refractivity contribution >= 4 is 0 Å². The molecule has 0 amide bonds. The SMILES string of the molecule is COCC(C)CC(N)c1ccccc1C1CCC1. The Morgan fingerprint density at radius 3 is 2.67 bits per heavy atom. The molecule has 0 saturated heterocycles. The van der Waals surface area contributed by atoms with Gasteiger partial charge in [0.1, 0.15) is 0 Å². The van der Waals surface area contributed by atoms with Crippen LogP contribution in [0.5, 0.6) is 0 Å². The Morgan fingerprint density at radius 2 is 2.06 bits per heavy atom. The Balaban J connectivity index is 2.06. The van der Waals surface area contributed by atoms with E-state index in [-0.39, 0.29) is 6.04 Å². The first-order valence-electron chi connectivity index (χ1n) is 7.05. The second kappa shape index (κ2) is 6.35. The molecule has 0 bridgehead atoms. The van der Waals surface area contributed by atoms with Gasteiger partial charge in [-0.15, -0.1) is 0 Å². The van der Waals surface area contributed by atoms with Gasteiger partial charge in [0.05, 0.1) is 0 Å². The molecule has 2 atom stereocenters. The molecule has 0 aliphatic heterocycles. The zero-order valence-corrected chi connectivity index (χ0v) is 11.6. The van der Waals surface area contributed by atoms with E-state index in [1.807, 2.05) is 0 Å². The Labute approximate surface area is 111 Å². The molecule has 1 aromatic rings. The van der Waals surface area contributed by atoms with Crippen molar-refractivity contribution < 1.29 is 4.74 Å². The van der Waals surface area contributed by atoms with Crippen LogP contribution in [-0.4, -0.2) is 13.7 Å². The van der Waals surface area contributed by atoms with Gasteiger partial charge in [0.2, 0.25) is 0 Å². The van der Waals surface area contributed by atoms with Crippen molar-refractivity contribution in [2.45, 2.75) is 44.6 Å². The van der Waals surface area contributed by atoms with Crippen molar-refractivity contribution in [3.05, 3.63) is 35.4 Å². The second-order valence-corrected chi connectivity index (χ2v) is 5.66. The summed E-state index contributed by atoms with van der Waals surface area (Å²) < 4.78 is 5.19. The summed E-state index contributed by atoms with van der Waals surface area (Å²) in [7, 11) is 1.75. The van der Waals surface area contributed by atoms with Crippen LogP contribution in [0.2, 0.25) is 0 Å². The molecule has 2 unspecified atom stereocenters. The zero-order valence-electron chi connectivity index (χ0n) is 11.6. The van der Waals surface area contributed by atoms with Crippen LogP contribution in [0.1, 0.15) is 55.7 Å². The van der Waals surface area contributed by atoms with Crippen LogP contribution in [0.15, 0.2) is 24.3 Å². The summed E-state index contributed by atoms with van der Waals surface area (Å²) in [4.78, 5) is 0. The molecule has 2 N–H and O–H groups in total. The lowest BCUT2D eigenvalue weighted by atomic mass is 9.76. The monoisotopic (exact) mass is 247 g/mol. The van der Waals surface area contributed by atoms with Crippen molar-refractivity contribution in [2.75, 3.05) is 13.7 Å². The van der Waals surface area contributed by atoms with Gasteiger partial charge in [0.25, 0.3) is 0 Å². The van der Waals surface area contributed by atoms with E-state index in [4.69, 9.17) is 10.5 Å². The highest BCUT2D eigenvalue weighted by Crippen LogP contribution is 2.39. The predicted octanol–water partition coefficient (Wildman–Crippen LogP) is 3.63. The lowest BCUT2D eigenvalue weighted by molar-refractivity contribution is 0.152. The maximum Gasteiger partial charge on any atom is 0.0488 e. The smallest absolute Gasteiger partial charge is 0.0488 e. The molecule has 0 spiro atoms. The first kappa shape index (κ1) is 13.6. The van der Waals surface area contributed by atoms with E-state index in [0.29, 0.717) is 5.92 Å². The number of hydrogen-bond donors (Lipinski definition) is 1. The van der Waals surface area contributed by atoms with Crippen LogP contribution in [0.4, 0.5) is 0 Å². The molecule has 1 fully saturated rings. The fraction of sp³-hybridized carbons (Fsp3) is 0.625. The summed E-state index contributed by atoms with van der Waals surface area (Å²) in [6.07, 6.45) is 5.03. The standard InChI is InChI=1S/C16H25NO/c1-12(11-18-2)10-16(17)15-9-4-3-8-14(15)13-6-5-7-13/h3-4,8-9,12-13,16H,5-7,10-11,17H2,1-2H3. The molecule has 1 aliphatic carbocycles. The molecule has 1 aliphatic rings. The highest BCUT2D eigenvalue weighted by molar-refractivity contribution is 5.34. The van der Waals surface area contributed by atoms with Crippen molar-refractivity contribution in [1.29, 1.82) is 0 Å². The highest BCUT2D eigenvalue weighted by Gasteiger charge is 2.24. The van der Waals surface area contributed by atoms with E-state index in [1.54, 1.807) is 7.11 Å². The summed E-state index contributed by atoms with van der Waals surface area (Å²) in [6, 6.07) is 8.87. The van der Waals surface area contributed by atoms with Crippen molar-refractivity contribution in [3.63, 3.8) is 0 Å². The van der Waals surface area contributed by atoms with Gasteiger partial charge in [-0.2, -0.15) is 0 Å². The number of benzene rings is 1. The van der Waals surface area contributed by atoms with Gasteiger partial charge >= 0.3 is 0 Å². The Kier molecular flexibility index (Phi) is 4.79. The minimum Gasteiger partial charge on any atom is -0.384 e. The van der Waals surface area contributed by atoms with Gasteiger partial charge in [0, 0.05) is 19.8 Å². The molecular weight excluding hydrogens is 222 g/mol. The van der Waals surface area contributed by atoms with E-state index >= 15 is 0 Å². The van der Waals surface area contributed by atoms with Crippen molar-refractivity contribution in [2.24, 2.45) is 11.7 Å². The number of hydrogen-bond acceptors (Lipinski definition) is 2. The van der Waals surface area contributed by atoms with Crippen LogP contribution >= 0.6 is 0 Å². The third-order valence-electron chi connectivity index (χ3n) is 4.05. The Bertz CT molecular complexity index is 373. The minimum atomic E-state index is 0.145. The van der Waals surface area contributed by atoms with Crippen LogP contribution in [0, 0.1) is 5.92 Å². The average Bonchev–Trinajstić information content (AvgIpc) is 2.27. The molecule has 1 aromatic carbocycles. The first-order chi connectivity index (χ1) is 8.72. The van der Waals surface area contributed by atoms with E-state index in [1.165, 1.54) is 30.4 Å². The highest BCUT2D eigenvalue weighted by atomic mass is 16.5. The van der Waals surface area contributed by atoms with Crippen LogP contribution in [0.25, 0.3) is 0 Å². The van der Waals surface area contributed by atoms with Gasteiger partial charge in [-0.1, -0.05) is 37.6 Å². The molecule has 2 rings (SSSR count). The molecule has 0 heterocycles. The zero-order chi connectivity index (χ0) is 13.0. The molecule has 1 saturated carbocycles. The third kappa shape index (κ3) is 3.12. The Hall–Kier alpha value is -0.860. The quantitative estimate of drug-likeness (QED) is 0.833. The van der Waals surface area contributed by atoms with Crippen molar-refractivity contribution in [1.82, 2.24) is 0 Å². The second-order valence-electron chi connectivity index (χ2n) is 5.66. The van der Waals surface area contributed by atoms with E-state index in [9.17, 15) is 0 Å². The van der Waals surface area contributed by atoms with Gasteiger partial charge < -0.3 is 10.5 Å². The van der Waals surface area contributed by atoms with E-state index < -0.39 is 0 Å². The lowest BCUT2D eigenvalue weighted by Gasteiger charge is -2.30. The Morgan fingerprint density at radius 1 is 1.33 bits per heavy atom. The normalized spacial score (nSPS) is 19.3. The summed E-state index contributed by atoms with van der Waals surface area (Å²) in [5.41, 5.74) is 9.23. The predicted molar refractivity (Wildman–Crippen MR) is 75.6 cm³/mol. The number of methoxy groups -OCH3 is 1. The molecule has 2 nitrogen and oxygen atoms in total. The van der Waals surface area contributed by atoms with Gasteiger partial charge in [-0.3, -0.25) is 0 Å². The number of ether oxygens (including phenoxy) is 1. The van der Waals surface area contributed by atoms with Crippen LogP contribution < -0.4 is 5.73 Å². The summed E-state index contributed by atoms with van der Waals surface area (Å²) >= 11 is 0. The fourth-order valence-corrected chi connectivity index (χ4v) is 2.85. The molecule has 0 aromatic heterocycles. The number of nitrogens with two attached hydrogens (primary N) is 1. The number of rotatable bonds is 6. The maximum atomic E-state index is 6.39. The summed E-state index contributed by atoms with van der Waals surface area (Å²) in [5, 5.41) is 0. The summed E-state index contributed by atoms with van der Waals surface area (Å²) in [5.74, 6) is 1.27. The van der Waals surface area contributed by atoms with Gasteiger partial charge in [0.15, 0.2) is 0 Å². The van der Waals surface area contributed by atoms with E-state index in [0.717, 1.165) is 18.9 Å². The third-order valence-corrected chi connectivity index (χ3v) is 4.05. The maximum absolute atomic E-state index is 6.39. The fourth-order valence-electron chi connectivity index (χ4n) is 2.85. The summed E-state index contributed by atoms with van der Waals surface area (Å²) in [6.45, 7) is 2.99. The average molecular weight is 247 g/mol. The minimum absolute atomic E-state index is 0.145. The van der Waals surface area contributed by atoms with E-state index in [2.05, 4.69) is 31.2 Å². The van der Waals surface area contributed by atoms with Crippen molar-refractivity contribution in [3.8, 4) is 0 Å². The van der Waals surface area contributed by atoms with Gasteiger partial charge in [-0.25, -0.2) is 0 Å². The molecule has 2 heteroatoms. The van der Waals surface area contributed by atoms with Gasteiger partial charge in [-0.05, 0) is 42.2 Å². The lowest BCUT2D eigenvalue weighted by Crippen LogP contribution is -2.20. The molecule has 18 heavy (non-hydrogen) atoms. The molecule has 0 radical (unpaired) electrons. The van der Waals surface area contributed by atoms with Crippen LogP contribution in [-0.2, 0) is 4.74 Å².